The molecule has 0 amide bonds. The van der Waals surface area contributed by atoms with Crippen LogP contribution >= 0.6 is 15.9 Å². The summed E-state index contributed by atoms with van der Waals surface area (Å²) >= 11 is 3.01. The minimum atomic E-state index is -0.764. The zero-order valence-corrected chi connectivity index (χ0v) is 33.8. The number of aromatic nitrogens is 6. The van der Waals surface area contributed by atoms with Gasteiger partial charge in [0.15, 0.2) is 11.6 Å². The van der Waals surface area contributed by atoms with Gasteiger partial charge in [0.05, 0.1) is 23.0 Å². The average molecular weight is 870 g/mol. The average Bonchev–Trinajstić information content (AvgIpc) is 3.67. The number of nitrogens with one attached hydrogen (secondary N) is 1. The number of aromatic amines is 1. The van der Waals surface area contributed by atoms with E-state index in [0.717, 1.165) is 21.5 Å². The maximum absolute atomic E-state index is 14.6. The van der Waals surface area contributed by atoms with Crippen LogP contribution in [-0.4, -0.2) is 47.7 Å². The van der Waals surface area contributed by atoms with E-state index in [1.54, 1.807) is 0 Å². The second-order valence-corrected chi connectivity index (χ2v) is 13.4. The maximum atomic E-state index is 14.6. The molecule has 16 heteroatoms. The van der Waals surface area contributed by atoms with E-state index < -0.39 is 33.8 Å². The van der Waals surface area contributed by atoms with Crippen molar-refractivity contribution >= 4 is 15.9 Å². The normalized spacial score (nSPS) is 10.3. The zero-order valence-electron chi connectivity index (χ0n) is 30.6. The maximum Gasteiger partial charge on any atom is 0.351 e. The van der Waals surface area contributed by atoms with Gasteiger partial charge in [0.2, 0.25) is 0 Å². The van der Waals surface area contributed by atoms with Crippen molar-refractivity contribution in [3.8, 4) is 59.7 Å². The molecule has 0 spiro atoms. The molecule has 0 saturated heterocycles. The highest BCUT2D eigenvalue weighted by Gasteiger charge is 2.27. The summed E-state index contributed by atoms with van der Waals surface area (Å²) in [4.78, 5) is 27.4. The lowest BCUT2D eigenvalue weighted by Crippen LogP contribution is -3.00. The predicted octanol–water partition coefficient (Wildman–Crippen LogP) is 2.99. The molecule has 2 heterocycles. The van der Waals surface area contributed by atoms with Gasteiger partial charge in [-0.15, -0.1) is 23.0 Å². The molecule has 0 aliphatic heterocycles. The van der Waals surface area contributed by atoms with Gasteiger partial charge in [0.1, 0.15) is 59.9 Å². The van der Waals surface area contributed by atoms with Gasteiger partial charge in [0.25, 0.3) is 0 Å². The quantitative estimate of drug-likeness (QED) is 0.153. The molecule has 0 radical (unpaired) electrons. The molecular formula is C38H39Br2F2N8O4-. The number of ether oxygens (including phenoxy) is 2. The Morgan fingerprint density at radius 1 is 0.852 bits per heavy atom. The molecule has 54 heavy (non-hydrogen) atoms. The number of alkyl halides is 1. The number of nitrogens with zero attached hydrogens (tertiary/aromatic N) is 7. The molecule has 1 N–H and O–H groups in total. The van der Waals surface area contributed by atoms with Crippen molar-refractivity contribution in [3.63, 3.8) is 0 Å². The fourth-order valence-electron chi connectivity index (χ4n) is 4.29. The van der Waals surface area contributed by atoms with Crippen LogP contribution in [0.15, 0.2) is 59.2 Å². The van der Waals surface area contributed by atoms with Crippen molar-refractivity contribution in [1.82, 2.24) is 29.1 Å². The number of terminal acetylenes is 2. The number of hydrogen-bond donors (Lipinski definition) is 1. The highest BCUT2D eigenvalue weighted by molar-refractivity contribution is 9.09. The molecule has 0 bridgehead atoms. The fraction of sp³-hybridized carbons (Fsp3) is 0.316. The summed E-state index contributed by atoms with van der Waals surface area (Å²) in [6.45, 7) is 18.6. The van der Waals surface area contributed by atoms with Crippen LogP contribution < -0.4 is 37.8 Å². The predicted molar refractivity (Wildman–Crippen MR) is 202 cm³/mol. The smallest absolute Gasteiger partial charge is 0.351 e. The lowest BCUT2D eigenvalue weighted by atomic mass is 9.96. The summed E-state index contributed by atoms with van der Waals surface area (Å²) in [7, 11) is 0. The fourth-order valence-corrected chi connectivity index (χ4v) is 4.29. The molecule has 0 unspecified atom stereocenters. The molecule has 0 aliphatic rings. The number of H-pyrrole nitrogens is 1. The minimum absolute atomic E-state index is 0. The van der Waals surface area contributed by atoms with Crippen LogP contribution in [0.3, 0.4) is 0 Å². The zero-order chi connectivity index (χ0) is 40.1. The van der Waals surface area contributed by atoms with Crippen LogP contribution in [0, 0.1) is 59.0 Å². The molecule has 4 rings (SSSR count). The Bertz CT molecular complexity index is 2250. The van der Waals surface area contributed by atoms with Crippen LogP contribution in [-0.2, 0) is 17.4 Å². The summed E-state index contributed by atoms with van der Waals surface area (Å²) in [6.07, 6.45) is 13.1. The van der Waals surface area contributed by atoms with Gasteiger partial charge in [-0.1, -0.05) is 94.6 Å². The van der Waals surface area contributed by atoms with Gasteiger partial charge in [-0.3, -0.25) is 9.55 Å². The molecule has 2 aromatic heterocycles. The third kappa shape index (κ3) is 11.7. The third-order valence-corrected chi connectivity index (χ3v) is 7.02. The first-order valence-corrected chi connectivity index (χ1v) is 16.8. The van der Waals surface area contributed by atoms with E-state index in [1.165, 1.54) is 28.9 Å². The molecule has 0 fully saturated rings. The first-order valence-electron chi connectivity index (χ1n) is 15.7. The standard InChI is InChI=1S/C19H19FN4O2.C16H17FN4O2.C3H3Br.BrH/c1-6-8-23-17(19(3,4)5)22-24(18(23)25)15-11-16(26-9-7-2)13(12-21)10-14(15)20;1-5-6-23-13-8-12(11(17)7-10(13)9-18)21-15(22)19-14(20-21)16(2,3)4;1-2-3-4;/h1,7,10-11H,2,8-9H2,3-5H3;5,7-8H,1,6H2,2-4H3,(H,19,20,22);1H,3H2;1H/p-1. The van der Waals surface area contributed by atoms with Gasteiger partial charge >= 0.3 is 11.4 Å². The van der Waals surface area contributed by atoms with Crippen LogP contribution in [0.4, 0.5) is 8.78 Å². The van der Waals surface area contributed by atoms with Gasteiger partial charge in [-0.2, -0.15) is 19.9 Å². The first-order chi connectivity index (χ1) is 24.9. The lowest BCUT2D eigenvalue weighted by Gasteiger charge is -2.16. The van der Waals surface area contributed by atoms with Crippen molar-refractivity contribution in [2.45, 2.75) is 58.9 Å². The van der Waals surface area contributed by atoms with Crippen molar-refractivity contribution in [1.29, 1.82) is 10.5 Å². The molecule has 0 saturated carbocycles. The topological polar surface area (TPSA) is 157 Å². The van der Waals surface area contributed by atoms with Crippen LogP contribution in [0.1, 0.15) is 64.3 Å². The Morgan fingerprint density at radius 3 is 1.67 bits per heavy atom. The Balaban J connectivity index is 0.000000486. The van der Waals surface area contributed by atoms with Gasteiger partial charge in [-0.25, -0.2) is 18.4 Å². The Morgan fingerprint density at radius 2 is 1.31 bits per heavy atom. The molecule has 284 valence electrons. The lowest BCUT2D eigenvalue weighted by molar-refractivity contribution is -0.0000142. The Kier molecular flexibility index (Phi) is 17.6. The SMILES string of the molecule is C#CCBr.C#CCn1c(C(C)(C)C)nn(-c2cc(OCC=C)c(C#N)cc2F)c1=O.C=CCOc1cc(-n2nc(C(C)(C)C)[nH]c2=O)c(F)cc1C#N.[Br-]. The van der Waals surface area contributed by atoms with Gasteiger partial charge in [0, 0.05) is 23.0 Å². The number of benzene rings is 2. The number of halogens is 4. The van der Waals surface area contributed by atoms with Crippen LogP contribution in [0.5, 0.6) is 11.5 Å². The van der Waals surface area contributed by atoms with E-state index in [0.29, 0.717) is 17.0 Å². The van der Waals surface area contributed by atoms with E-state index >= 15 is 0 Å². The third-order valence-electron chi connectivity index (χ3n) is 6.70. The van der Waals surface area contributed by atoms with Crippen LogP contribution in [0.25, 0.3) is 11.4 Å². The second kappa shape index (κ2) is 20.5. The Hall–Kier alpha value is -5.68. The van der Waals surface area contributed by atoms with E-state index in [1.807, 2.05) is 53.7 Å². The van der Waals surface area contributed by atoms with Gasteiger partial charge < -0.3 is 26.5 Å². The number of hydrogen-bond acceptors (Lipinski definition) is 8. The van der Waals surface area contributed by atoms with E-state index in [2.05, 4.69) is 56.1 Å². The largest absolute Gasteiger partial charge is 1.00 e. The Labute approximate surface area is 331 Å². The molecule has 2 aromatic carbocycles. The van der Waals surface area contributed by atoms with E-state index in [-0.39, 0.29) is 70.7 Å². The van der Waals surface area contributed by atoms with Crippen molar-refractivity contribution in [2.24, 2.45) is 0 Å². The highest BCUT2D eigenvalue weighted by Crippen LogP contribution is 2.27. The minimum Gasteiger partial charge on any atom is -1.00 e. The summed E-state index contributed by atoms with van der Waals surface area (Å²) < 4.78 is 42.8. The highest BCUT2D eigenvalue weighted by atomic mass is 79.9. The molecule has 0 atom stereocenters. The van der Waals surface area contributed by atoms with Crippen molar-refractivity contribution in [3.05, 3.63) is 105 Å². The summed E-state index contributed by atoms with van der Waals surface area (Å²) in [5.74, 6) is 4.42. The monoisotopic (exact) mass is 867 g/mol. The summed E-state index contributed by atoms with van der Waals surface area (Å²) in [6, 6.07) is 8.30. The number of rotatable bonds is 9. The first kappa shape index (κ1) is 46.3. The molecule has 0 aliphatic carbocycles. The van der Waals surface area contributed by atoms with Crippen molar-refractivity contribution in [2.75, 3.05) is 18.5 Å². The second-order valence-electron chi connectivity index (χ2n) is 12.9. The summed E-state index contributed by atoms with van der Waals surface area (Å²) in [5, 5.41) is 27.3. The molecular weight excluding hydrogens is 830 g/mol. The van der Waals surface area contributed by atoms with E-state index in [9.17, 15) is 18.4 Å². The molecule has 12 nitrogen and oxygen atoms in total. The summed E-state index contributed by atoms with van der Waals surface area (Å²) in [5.41, 5.74) is -2.15. The van der Waals surface area contributed by atoms with Gasteiger partial charge in [-0.05, 0) is 12.1 Å². The van der Waals surface area contributed by atoms with Crippen LogP contribution in [0.2, 0.25) is 0 Å². The molecule has 4 aromatic rings. The van der Waals surface area contributed by atoms with E-state index in [4.69, 9.17) is 32.8 Å². The van der Waals surface area contributed by atoms with Crippen molar-refractivity contribution < 1.29 is 35.2 Å². The number of nitriles is 2.